The molecule has 2 N–H and O–H groups in total. The van der Waals surface area contributed by atoms with Crippen molar-refractivity contribution in [1.82, 2.24) is 0 Å². The molecular weight excluding hydrogens is 282 g/mol. The number of nitrogen functional groups attached to an aromatic ring is 1. The van der Waals surface area contributed by atoms with Crippen LogP contribution in [0.4, 0.5) is 5.69 Å². The van der Waals surface area contributed by atoms with E-state index in [1.807, 2.05) is 19.1 Å². The van der Waals surface area contributed by atoms with Crippen molar-refractivity contribution in [1.29, 1.82) is 0 Å². The summed E-state index contributed by atoms with van der Waals surface area (Å²) in [5.41, 5.74) is 6.45. The lowest BCUT2D eigenvalue weighted by molar-refractivity contribution is -0.143. The van der Waals surface area contributed by atoms with Crippen LogP contribution in [0.25, 0.3) is 0 Å². The summed E-state index contributed by atoms with van der Waals surface area (Å²) >= 11 is 7.78. The molecule has 0 radical (unpaired) electrons. The van der Waals surface area contributed by atoms with E-state index in [1.165, 1.54) is 0 Å². The van der Waals surface area contributed by atoms with Crippen LogP contribution in [0.3, 0.4) is 0 Å². The summed E-state index contributed by atoms with van der Waals surface area (Å²) in [6.07, 6.45) is 3.46. The number of hydrogen-bond acceptors (Lipinski definition) is 4. The highest BCUT2D eigenvalue weighted by Crippen LogP contribution is 2.29. The van der Waals surface area contributed by atoms with Crippen molar-refractivity contribution >= 4 is 35.0 Å². The molecule has 0 heterocycles. The van der Waals surface area contributed by atoms with Crippen LogP contribution in [0.5, 0.6) is 0 Å². The molecule has 0 bridgehead atoms. The van der Waals surface area contributed by atoms with Gasteiger partial charge in [-0.3, -0.25) is 4.79 Å². The molecule has 0 aliphatic carbocycles. The lowest BCUT2D eigenvalue weighted by Crippen LogP contribution is -2.03. The number of thioether (sulfide) groups is 1. The van der Waals surface area contributed by atoms with Gasteiger partial charge in [0.05, 0.1) is 11.6 Å². The predicted molar refractivity (Wildman–Crippen MR) is 81.7 cm³/mol. The van der Waals surface area contributed by atoms with Crippen LogP contribution in [-0.2, 0) is 9.53 Å². The molecule has 0 spiro atoms. The van der Waals surface area contributed by atoms with Gasteiger partial charge in [-0.15, -0.1) is 11.8 Å². The third-order valence-corrected chi connectivity index (χ3v) is 4.13. The molecule has 0 aliphatic rings. The molecule has 0 aliphatic heterocycles. The number of anilines is 1. The number of carbonyl (C=O) groups is 1. The monoisotopic (exact) mass is 301 g/mol. The van der Waals surface area contributed by atoms with Gasteiger partial charge in [-0.2, -0.15) is 0 Å². The van der Waals surface area contributed by atoms with E-state index in [0.29, 0.717) is 13.0 Å². The summed E-state index contributed by atoms with van der Waals surface area (Å²) in [6, 6.07) is 5.51. The summed E-state index contributed by atoms with van der Waals surface area (Å²) in [4.78, 5) is 12.1. The van der Waals surface area contributed by atoms with Crippen molar-refractivity contribution < 1.29 is 9.53 Å². The molecule has 0 atom stereocenters. The quantitative estimate of drug-likeness (QED) is 0.339. The minimum absolute atomic E-state index is 0.103. The molecule has 0 fully saturated rings. The van der Waals surface area contributed by atoms with Crippen LogP contribution in [0, 0.1) is 0 Å². The van der Waals surface area contributed by atoms with Crippen LogP contribution in [0.15, 0.2) is 23.1 Å². The summed E-state index contributed by atoms with van der Waals surface area (Å²) in [6.45, 7) is 2.28. The first-order valence-corrected chi connectivity index (χ1v) is 7.83. The Bertz CT molecular complexity index is 412. The van der Waals surface area contributed by atoms with Crippen LogP contribution in [-0.4, -0.2) is 18.3 Å². The third-order valence-electron chi connectivity index (χ3n) is 2.54. The van der Waals surface area contributed by atoms with Crippen molar-refractivity contribution in [3.8, 4) is 0 Å². The highest BCUT2D eigenvalue weighted by Gasteiger charge is 2.03. The average molecular weight is 302 g/mol. The van der Waals surface area contributed by atoms with E-state index in [0.717, 1.165) is 40.6 Å². The molecule has 1 aromatic carbocycles. The fourth-order valence-corrected chi connectivity index (χ4v) is 2.87. The third kappa shape index (κ3) is 6.73. The van der Waals surface area contributed by atoms with Gasteiger partial charge in [0.25, 0.3) is 0 Å². The summed E-state index contributed by atoms with van der Waals surface area (Å²) in [5, 5.41) is 0.741. The Morgan fingerprint density at radius 3 is 2.89 bits per heavy atom. The maximum atomic E-state index is 11.1. The van der Waals surface area contributed by atoms with Gasteiger partial charge in [-0.1, -0.05) is 18.0 Å². The Labute approximate surface area is 123 Å². The van der Waals surface area contributed by atoms with Gasteiger partial charge >= 0.3 is 5.97 Å². The number of halogens is 1. The highest BCUT2D eigenvalue weighted by molar-refractivity contribution is 7.99. The van der Waals surface area contributed by atoms with Gasteiger partial charge in [0.2, 0.25) is 0 Å². The first kappa shape index (κ1) is 16.2. The van der Waals surface area contributed by atoms with E-state index in [2.05, 4.69) is 0 Å². The molecule has 0 amide bonds. The van der Waals surface area contributed by atoms with Crippen molar-refractivity contribution in [2.24, 2.45) is 0 Å². The number of ether oxygens (including phenoxy) is 1. The molecule has 3 nitrogen and oxygen atoms in total. The number of hydrogen-bond donors (Lipinski definition) is 1. The second-order valence-electron chi connectivity index (χ2n) is 4.15. The normalized spacial score (nSPS) is 10.4. The van der Waals surface area contributed by atoms with Gasteiger partial charge in [-0.05, 0) is 43.7 Å². The molecule has 0 aromatic heterocycles. The van der Waals surface area contributed by atoms with E-state index >= 15 is 0 Å². The lowest BCUT2D eigenvalue weighted by Gasteiger charge is -2.05. The van der Waals surface area contributed by atoms with Gasteiger partial charge in [0.1, 0.15) is 0 Å². The van der Waals surface area contributed by atoms with Crippen LogP contribution < -0.4 is 5.73 Å². The molecule has 1 aromatic rings. The SMILES string of the molecule is CCOC(=O)CCCCCSc1cc(N)ccc1Cl. The Hall–Kier alpha value is -0.870. The van der Waals surface area contributed by atoms with E-state index in [-0.39, 0.29) is 5.97 Å². The molecule has 1 rings (SSSR count). The van der Waals surface area contributed by atoms with Crippen molar-refractivity contribution in [3.63, 3.8) is 0 Å². The van der Waals surface area contributed by atoms with Crippen LogP contribution in [0.1, 0.15) is 32.6 Å². The first-order valence-electron chi connectivity index (χ1n) is 6.47. The van der Waals surface area contributed by atoms with E-state index < -0.39 is 0 Å². The summed E-state index contributed by atoms with van der Waals surface area (Å²) in [5.74, 6) is 0.875. The number of carbonyl (C=O) groups excluding carboxylic acids is 1. The fourth-order valence-electron chi connectivity index (χ4n) is 1.59. The second-order valence-corrected chi connectivity index (χ2v) is 5.70. The highest BCUT2D eigenvalue weighted by atomic mass is 35.5. The zero-order chi connectivity index (χ0) is 14.1. The molecule has 19 heavy (non-hydrogen) atoms. The number of nitrogens with two attached hydrogens (primary N) is 1. The molecule has 0 saturated carbocycles. The van der Waals surface area contributed by atoms with Crippen molar-refractivity contribution in [2.45, 2.75) is 37.5 Å². The molecule has 5 heteroatoms. The molecule has 0 saturated heterocycles. The Morgan fingerprint density at radius 2 is 2.16 bits per heavy atom. The molecular formula is C14H20ClNO2S. The molecule has 0 unspecified atom stereocenters. The standard InChI is InChI=1S/C14H20ClNO2S/c1-2-18-14(17)6-4-3-5-9-19-13-10-11(16)7-8-12(13)15/h7-8,10H,2-6,9,16H2,1H3. The zero-order valence-corrected chi connectivity index (χ0v) is 12.7. The largest absolute Gasteiger partial charge is 0.466 e. The van der Waals surface area contributed by atoms with Gasteiger partial charge in [0.15, 0.2) is 0 Å². The summed E-state index contributed by atoms with van der Waals surface area (Å²) in [7, 11) is 0. The lowest BCUT2D eigenvalue weighted by atomic mass is 10.2. The maximum Gasteiger partial charge on any atom is 0.305 e. The second kappa shape index (κ2) is 9.10. The van der Waals surface area contributed by atoms with E-state index in [9.17, 15) is 4.79 Å². The van der Waals surface area contributed by atoms with Crippen molar-refractivity contribution in [2.75, 3.05) is 18.1 Å². The number of esters is 1. The van der Waals surface area contributed by atoms with Gasteiger partial charge < -0.3 is 10.5 Å². The Kier molecular flexibility index (Phi) is 7.75. The maximum absolute atomic E-state index is 11.1. The number of benzene rings is 1. The van der Waals surface area contributed by atoms with Gasteiger partial charge in [0, 0.05) is 17.0 Å². The predicted octanol–water partition coefficient (Wildman–Crippen LogP) is 4.14. The van der Waals surface area contributed by atoms with Crippen LogP contribution >= 0.6 is 23.4 Å². The van der Waals surface area contributed by atoms with E-state index in [4.69, 9.17) is 22.1 Å². The first-order chi connectivity index (χ1) is 9.13. The van der Waals surface area contributed by atoms with E-state index in [1.54, 1.807) is 17.8 Å². The minimum Gasteiger partial charge on any atom is -0.466 e. The minimum atomic E-state index is -0.103. The fraction of sp³-hybridized carbons (Fsp3) is 0.500. The molecule has 106 valence electrons. The smallest absolute Gasteiger partial charge is 0.305 e. The topological polar surface area (TPSA) is 52.3 Å². The van der Waals surface area contributed by atoms with Gasteiger partial charge in [-0.25, -0.2) is 0 Å². The average Bonchev–Trinajstić information content (AvgIpc) is 2.38. The van der Waals surface area contributed by atoms with Crippen molar-refractivity contribution in [3.05, 3.63) is 23.2 Å². The summed E-state index contributed by atoms with van der Waals surface area (Å²) < 4.78 is 4.87. The zero-order valence-electron chi connectivity index (χ0n) is 11.2. The number of rotatable bonds is 8. The van der Waals surface area contributed by atoms with Crippen LogP contribution in [0.2, 0.25) is 5.02 Å². The Balaban J connectivity index is 2.14. The number of unbranched alkanes of at least 4 members (excludes halogenated alkanes) is 2. The Morgan fingerprint density at radius 1 is 1.37 bits per heavy atom.